The van der Waals surface area contributed by atoms with Gasteiger partial charge in [0.05, 0.1) is 6.54 Å². The number of aliphatic imine (C=N–C) groups is 1. The van der Waals surface area contributed by atoms with E-state index in [0.29, 0.717) is 25.5 Å². The molecule has 24 heavy (non-hydrogen) atoms. The first-order chi connectivity index (χ1) is 11.2. The molecule has 1 aromatic rings. The topological polar surface area (TPSA) is 61.9 Å². The fraction of sp³-hybridized carbons (Fsp3) is 0.556. The Hall–Kier alpha value is -1.31. The van der Waals surface area contributed by atoms with Crippen molar-refractivity contribution in [1.29, 1.82) is 0 Å². The second-order valence-corrected chi connectivity index (χ2v) is 6.46. The van der Waals surface area contributed by atoms with Crippen molar-refractivity contribution in [1.82, 2.24) is 9.80 Å². The molecule has 2 heterocycles. The van der Waals surface area contributed by atoms with Gasteiger partial charge in [-0.1, -0.05) is 24.3 Å². The molecule has 2 saturated heterocycles. The van der Waals surface area contributed by atoms with Crippen molar-refractivity contribution in [2.75, 3.05) is 19.6 Å². The molecular formula is C18H27IN4O. The quantitative estimate of drug-likeness (QED) is 0.443. The first-order valence-corrected chi connectivity index (χ1v) is 8.63. The molecule has 6 heteroatoms. The van der Waals surface area contributed by atoms with Crippen molar-refractivity contribution in [3.8, 4) is 0 Å². The van der Waals surface area contributed by atoms with Gasteiger partial charge >= 0.3 is 0 Å². The van der Waals surface area contributed by atoms with Crippen LogP contribution in [0.5, 0.6) is 0 Å². The predicted octanol–water partition coefficient (Wildman–Crippen LogP) is 2.73. The summed E-state index contributed by atoms with van der Waals surface area (Å²) in [4.78, 5) is 20.4. The summed E-state index contributed by atoms with van der Waals surface area (Å²) in [6.07, 6.45) is 5.37. The van der Waals surface area contributed by atoms with Crippen LogP contribution in [0.25, 0.3) is 0 Å². The Morgan fingerprint density at radius 1 is 1.08 bits per heavy atom. The number of halogens is 1. The van der Waals surface area contributed by atoms with E-state index < -0.39 is 0 Å². The van der Waals surface area contributed by atoms with Gasteiger partial charge in [-0.15, -0.1) is 24.0 Å². The molecule has 0 radical (unpaired) electrons. The first-order valence-electron chi connectivity index (χ1n) is 8.63. The van der Waals surface area contributed by atoms with E-state index in [1.807, 2.05) is 11.0 Å². The summed E-state index contributed by atoms with van der Waals surface area (Å²) >= 11 is 0. The standard InChI is InChI=1S/C18H26N4O.HI/c19-18(21-9-2-1-3-10-21)20-13-15-6-4-7-16(12-15)14-22-11-5-8-17(22)23;/h4,6-7,12H,1-3,5,8-11,13-14H2,(H2,19,20);1H. The van der Waals surface area contributed by atoms with Crippen LogP contribution in [0.15, 0.2) is 29.3 Å². The van der Waals surface area contributed by atoms with Crippen molar-refractivity contribution in [3.63, 3.8) is 0 Å². The van der Waals surface area contributed by atoms with Gasteiger partial charge in [0, 0.05) is 32.6 Å². The normalized spacial score (nSPS) is 18.7. The molecule has 2 fully saturated rings. The summed E-state index contributed by atoms with van der Waals surface area (Å²) in [5.41, 5.74) is 8.43. The summed E-state index contributed by atoms with van der Waals surface area (Å²) in [6, 6.07) is 8.32. The Morgan fingerprint density at radius 3 is 2.54 bits per heavy atom. The molecule has 2 N–H and O–H groups in total. The molecule has 5 nitrogen and oxygen atoms in total. The molecule has 132 valence electrons. The van der Waals surface area contributed by atoms with E-state index in [1.54, 1.807) is 0 Å². The minimum absolute atomic E-state index is 0. The smallest absolute Gasteiger partial charge is 0.222 e. The maximum atomic E-state index is 11.7. The zero-order valence-electron chi connectivity index (χ0n) is 14.1. The fourth-order valence-electron chi connectivity index (χ4n) is 3.31. The molecule has 0 bridgehead atoms. The molecule has 0 aliphatic carbocycles. The number of hydrogen-bond acceptors (Lipinski definition) is 2. The number of nitrogens with two attached hydrogens (primary N) is 1. The first kappa shape index (κ1) is 19.0. The van der Waals surface area contributed by atoms with Crippen LogP contribution in [0.4, 0.5) is 0 Å². The molecular weight excluding hydrogens is 415 g/mol. The number of likely N-dealkylation sites (tertiary alicyclic amines) is 2. The van der Waals surface area contributed by atoms with Crippen molar-refractivity contribution in [2.45, 2.75) is 45.2 Å². The van der Waals surface area contributed by atoms with Gasteiger partial charge in [-0.25, -0.2) is 4.99 Å². The molecule has 2 aliphatic rings. The highest BCUT2D eigenvalue weighted by molar-refractivity contribution is 14.0. The third-order valence-electron chi connectivity index (χ3n) is 4.64. The lowest BCUT2D eigenvalue weighted by atomic mass is 10.1. The molecule has 0 aromatic heterocycles. The van der Waals surface area contributed by atoms with Crippen LogP contribution in [-0.2, 0) is 17.9 Å². The largest absolute Gasteiger partial charge is 0.370 e. The molecule has 0 unspecified atom stereocenters. The Labute approximate surface area is 161 Å². The fourth-order valence-corrected chi connectivity index (χ4v) is 3.31. The van der Waals surface area contributed by atoms with E-state index in [0.717, 1.165) is 31.6 Å². The van der Waals surface area contributed by atoms with E-state index in [2.05, 4.69) is 28.1 Å². The summed E-state index contributed by atoms with van der Waals surface area (Å²) in [5, 5.41) is 0. The number of carbonyl (C=O) groups is 1. The summed E-state index contributed by atoms with van der Waals surface area (Å²) in [7, 11) is 0. The van der Waals surface area contributed by atoms with Crippen LogP contribution < -0.4 is 5.73 Å². The number of benzene rings is 1. The molecule has 2 aliphatic heterocycles. The monoisotopic (exact) mass is 442 g/mol. The number of piperidine rings is 1. The Kier molecular flexibility index (Phi) is 7.33. The van der Waals surface area contributed by atoms with Crippen LogP contribution in [0.3, 0.4) is 0 Å². The molecule has 1 amide bonds. The van der Waals surface area contributed by atoms with Crippen molar-refractivity contribution >= 4 is 35.8 Å². The van der Waals surface area contributed by atoms with Gasteiger partial charge in [0.25, 0.3) is 0 Å². The van der Waals surface area contributed by atoms with E-state index in [-0.39, 0.29) is 29.9 Å². The van der Waals surface area contributed by atoms with Crippen LogP contribution in [-0.4, -0.2) is 41.3 Å². The van der Waals surface area contributed by atoms with Crippen molar-refractivity contribution in [2.24, 2.45) is 10.7 Å². The minimum Gasteiger partial charge on any atom is -0.370 e. The predicted molar refractivity (Wildman–Crippen MR) is 107 cm³/mol. The molecule has 0 saturated carbocycles. The van der Waals surface area contributed by atoms with E-state index >= 15 is 0 Å². The second-order valence-electron chi connectivity index (χ2n) is 6.46. The van der Waals surface area contributed by atoms with Crippen LogP contribution >= 0.6 is 24.0 Å². The average molecular weight is 442 g/mol. The number of nitrogens with zero attached hydrogens (tertiary/aromatic N) is 3. The highest BCUT2D eigenvalue weighted by Crippen LogP contribution is 2.16. The number of rotatable bonds is 4. The highest BCUT2D eigenvalue weighted by Gasteiger charge is 2.19. The zero-order chi connectivity index (χ0) is 16.1. The van der Waals surface area contributed by atoms with Crippen LogP contribution in [0.2, 0.25) is 0 Å². The van der Waals surface area contributed by atoms with Gasteiger partial charge in [0.1, 0.15) is 0 Å². The SMILES string of the molecule is I.NC(=NCc1cccc(CN2CCCC2=O)c1)N1CCCCC1. The third-order valence-corrected chi connectivity index (χ3v) is 4.64. The lowest BCUT2D eigenvalue weighted by Crippen LogP contribution is -2.40. The van der Waals surface area contributed by atoms with Crippen molar-refractivity contribution in [3.05, 3.63) is 35.4 Å². The Morgan fingerprint density at radius 2 is 1.83 bits per heavy atom. The molecule has 1 aromatic carbocycles. The van der Waals surface area contributed by atoms with E-state index in [4.69, 9.17) is 5.73 Å². The summed E-state index contributed by atoms with van der Waals surface area (Å²) < 4.78 is 0. The number of amides is 1. The maximum absolute atomic E-state index is 11.7. The number of guanidine groups is 1. The van der Waals surface area contributed by atoms with Crippen LogP contribution in [0, 0.1) is 0 Å². The summed E-state index contributed by atoms with van der Waals surface area (Å²) in [5.74, 6) is 0.924. The molecule has 3 rings (SSSR count). The molecule has 0 spiro atoms. The minimum atomic E-state index is 0. The van der Waals surface area contributed by atoms with E-state index in [1.165, 1.54) is 24.8 Å². The lowest BCUT2D eigenvalue weighted by molar-refractivity contribution is -0.128. The second kappa shape index (κ2) is 9.25. The molecule has 0 atom stereocenters. The highest BCUT2D eigenvalue weighted by atomic mass is 127. The Balaban J connectivity index is 0.00000208. The van der Waals surface area contributed by atoms with Crippen molar-refractivity contribution < 1.29 is 4.79 Å². The summed E-state index contributed by atoms with van der Waals surface area (Å²) in [6.45, 7) is 4.23. The maximum Gasteiger partial charge on any atom is 0.222 e. The van der Waals surface area contributed by atoms with Gasteiger partial charge in [0.2, 0.25) is 5.91 Å². The number of hydrogen-bond donors (Lipinski definition) is 1. The van der Waals surface area contributed by atoms with Gasteiger partial charge in [-0.05, 0) is 36.8 Å². The Bertz CT molecular complexity index is 584. The average Bonchev–Trinajstić information content (AvgIpc) is 2.99. The van der Waals surface area contributed by atoms with Gasteiger partial charge < -0.3 is 15.5 Å². The third kappa shape index (κ3) is 5.09. The lowest BCUT2D eigenvalue weighted by Gasteiger charge is -2.27. The van der Waals surface area contributed by atoms with Gasteiger partial charge in [-0.2, -0.15) is 0 Å². The van der Waals surface area contributed by atoms with E-state index in [9.17, 15) is 4.79 Å². The van der Waals surface area contributed by atoms with Gasteiger partial charge in [0.15, 0.2) is 5.96 Å². The zero-order valence-corrected chi connectivity index (χ0v) is 16.4. The van der Waals surface area contributed by atoms with Gasteiger partial charge in [-0.3, -0.25) is 4.79 Å². The number of carbonyl (C=O) groups excluding carboxylic acids is 1. The van der Waals surface area contributed by atoms with Crippen LogP contribution in [0.1, 0.15) is 43.2 Å².